The van der Waals surface area contributed by atoms with Crippen LogP contribution >= 0.6 is 0 Å². The summed E-state index contributed by atoms with van der Waals surface area (Å²) in [7, 11) is 11.0. The fraction of sp³-hybridized carbons (Fsp3) is 0. The lowest BCUT2D eigenvalue weighted by atomic mass is 25.8. The maximum Gasteiger partial charge on any atom is -0.00584 e. The molecule has 0 rings (SSSR count). The normalized spacial score (nSPS) is 26.7. The van der Waals surface area contributed by atoms with Gasteiger partial charge in [-0.1, -0.05) is 0 Å². The summed E-state index contributed by atoms with van der Waals surface area (Å²) < 4.78 is 0. The predicted molar refractivity (Wildman–Crippen MR) is 79.7 cm³/mol. The maximum absolute atomic E-state index is 1.77. The van der Waals surface area contributed by atoms with Crippen LogP contribution < -0.4 is 0 Å². The Morgan fingerprint density at radius 2 is 1.22 bits per heavy atom. The molecule has 0 aliphatic heterocycles. The van der Waals surface area contributed by atoms with Crippen molar-refractivity contribution in [1.29, 1.82) is 0 Å². The van der Waals surface area contributed by atoms with Crippen LogP contribution in [0.5, 0.6) is 0 Å². The van der Waals surface area contributed by atoms with E-state index in [9.17, 15) is 0 Å². The average molecular weight is 273 g/mol. The van der Waals surface area contributed by atoms with Crippen molar-refractivity contribution >= 4 is 79.4 Å². The van der Waals surface area contributed by atoms with E-state index >= 15 is 0 Å². The van der Waals surface area contributed by atoms with E-state index in [1.807, 2.05) is 0 Å². The van der Waals surface area contributed by atoms with Gasteiger partial charge in [0.25, 0.3) is 0 Å². The molecular formula is H20Si9. The van der Waals surface area contributed by atoms with Crippen molar-refractivity contribution in [1.82, 2.24) is 0 Å². The van der Waals surface area contributed by atoms with Gasteiger partial charge in [-0.2, -0.15) is 0 Å². The molecule has 0 amide bonds. The first kappa shape index (κ1) is 11.0. The standard InChI is InChI=1S/H20Si9/c1-7(2)8(3)9(4,5)6/h7-8H,1-6H3. The summed E-state index contributed by atoms with van der Waals surface area (Å²) in [5.74, 6) is 0. The van der Waals surface area contributed by atoms with Crippen LogP contribution in [0.2, 0.25) is 0 Å². The van der Waals surface area contributed by atoms with Crippen LogP contribution in [0.25, 0.3) is 0 Å². The highest BCUT2D eigenvalue weighted by atomic mass is 30.3. The van der Waals surface area contributed by atoms with E-state index in [4.69, 9.17) is 0 Å². The molecule has 0 spiro atoms. The molecule has 0 bridgehead atoms. The van der Waals surface area contributed by atoms with E-state index in [0.29, 0.717) is 0 Å². The molecule has 0 aliphatic carbocycles. The Kier molecular flexibility index (Phi) is 4.99. The van der Waals surface area contributed by atoms with E-state index in [2.05, 4.69) is 0 Å². The maximum atomic E-state index is 1.77. The lowest BCUT2D eigenvalue weighted by Gasteiger charge is -2.26. The lowest BCUT2D eigenvalue weighted by Crippen LogP contribution is -2.63. The molecule has 9 heteroatoms. The van der Waals surface area contributed by atoms with Gasteiger partial charge in [0.15, 0.2) is 0 Å². The smallest absolute Gasteiger partial charge is 0.00584 e. The monoisotopic (exact) mass is 272 g/mol. The van der Waals surface area contributed by atoms with Gasteiger partial charge >= 0.3 is 0 Å². The molecule has 0 saturated heterocycles. The Labute approximate surface area is 79.0 Å². The van der Waals surface area contributed by atoms with Crippen molar-refractivity contribution in [2.45, 2.75) is 0 Å². The van der Waals surface area contributed by atoms with Crippen molar-refractivity contribution in [2.24, 2.45) is 0 Å². The van der Waals surface area contributed by atoms with Crippen LogP contribution in [0.4, 0.5) is 0 Å². The van der Waals surface area contributed by atoms with Gasteiger partial charge in [0.2, 0.25) is 0 Å². The molecule has 0 aliphatic rings. The lowest BCUT2D eigenvalue weighted by molar-refractivity contribution is 3.50. The summed E-state index contributed by atoms with van der Waals surface area (Å²) in [4.78, 5) is 0. The Bertz CT molecular complexity index is 74.5. The summed E-state index contributed by atoms with van der Waals surface area (Å²) in [5, 5.41) is 0. The van der Waals surface area contributed by atoms with Crippen LogP contribution in [0, 0.1) is 0 Å². The molecule has 0 saturated carbocycles. The summed E-state index contributed by atoms with van der Waals surface area (Å²) in [6.07, 6.45) is -0.0752. The van der Waals surface area contributed by atoms with Crippen LogP contribution in [-0.4, -0.2) is 79.4 Å². The first-order chi connectivity index (χ1) is 3.85. The van der Waals surface area contributed by atoms with E-state index in [-0.39, 0.29) is 20.8 Å². The molecule has 1 atom stereocenters. The van der Waals surface area contributed by atoms with Gasteiger partial charge in [-0.3, -0.25) is 0 Å². The van der Waals surface area contributed by atoms with E-state index < -0.39 is 0 Å². The number of hydrogen-bond acceptors (Lipinski definition) is 0. The molecule has 0 aromatic heterocycles. The molecule has 0 radical (unpaired) electrons. The fourth-order valence-electron chi connectivity index (χ4n) is 1.00. The second kappa shape index (κ2) is 4.10. The first-order valence-electron chi connectivity index (χ1n) is 3.85. The highest BCUT2D eigenvalue weighted by molar-refractivity contribution is 8.01. The zero-order chi connectivity index (χ0) is 7.65. The minimum Gasteiger partial charge on any atom is -0.0115 e. The van der Waals surface area contributed by atoms with Crippen molar-refractivity contribution in [2.75, 3.05) is 0 Å². The Morgan fingerprint density at radius 3 is 1.22 bits per heavy atom. The molecule has 0 N–H and O–H groups in total. The zero-order valence-corrected chi connectivity index (χ0v) is 23.0. The van der Waals surface area contributed by atoms with E-state index in [1.54, 1.807) is 58.6 Å². The summed E-state index contributed by atoms with van der Waals surface area (Å²) in [6.45, 7) is 0. The second-order valence-corrected chi connectivity index (χ2v) is 119. The third-order valence-electron chi connectivity index (χ3n) is 2.37. The highest BCUT2D eigenvalue weighted by Gasteiger charge is 2.25. The van der Waals surface area contributed by atoms with Gasteiger partial charge in [-0.15, -0.1) is 0 Å². The van der Waals surface area contributed by atoms with Crippen molar-refractivity contribution in [3.63, 3.8) is 0 Å². The Hall–Kier alpha value is 1.95. The largest absolute Gasteiger partial charge is 0.0115 e. The van der Waals surface area contributed by atoms with Crippen LogP contribution in [0.3, 0.4) is 0 Å². The molecule has 0 nitrogen and oxygen atoms in total. The highest BCUT2D eigenvalue weighted by Crippen LogP contribution is 1.88. The third-order valence-corrected chi connectivity index (χ3v) is 192. The minimum atomic E-state index is -0.0752. The number of rotatable bonds is 2. The summed E-state index contributed by atoms with van der Waals surface area (Å²) in [5.41, 5.74) is 0. The van der Waals surface area contributed by atoms with Gasteiger partial charge in [-0.25, -0.2) is 0 Å². The Balaban J connectivity index is 3.88. The van der Waals surface area contributed by atoms with Gasteiger partial charge in [-0.05, 0) is 79.4 Å². The molecule has 56 valence electrons. The predicted octanol–water partition coefficient (Wildman–Crippen LogP) is -8.78. The fourth-order valence-corrected chi connectivity index (χ4v) is 243. The van der Waals surface area contributed by atoms with Gasteiger partial charge in [0.1, 0.15) is 0 Å². The molecule has 9 heavy (non-hydrogen) atoms. The van der Waals surface area contributed by atoms with E-state index in [1.165, 1.54) is 0 Å². The van der Waals surface area contributed by atoms with Crippen LogP contribution in [0.1, 0.15) is 0 Å². The van der Waals surface area contributed by atoms with E-state index in [0.717, 1.165) is 0 Å². The van der Waals surface area contributed by atoms with Gasteiger partial charge < -0.3 is 0 Å². The third kappa shape index (κ3) is 4.41. The first-order valence-corrected chi connectivity index (χ1v) is 34.7. The van der Waals surface area contributed by atoms with Gasteiger partial charge in [0, 0.05) is 0 Å². The molecule has 0 fully saturated rings. The van der Waals surface area contributed by atoms with Crippen molar-refractivity contribution < 1.29 is 0 Å². The van der Waals surface area contributed by atoms with Crippen LogP contribution in [-0.2, 0) is 0 Å². The SMILES string of the molecule is [SiH3][SiH]([SiH3])[SiH]([SiH3])[Si]([SiH3])([SiH3])[SiH3]. The van der Waals surface area contributed by atoms with Crippen molar-refractivity contribution in [3.05, 3.63) is 0 Å². The molecule has 0 aromatic rings. The molecule has 1 unspecified atom stereocenters. The Morgan fingerprint density at radius 1 is 0.889 bits per heavy atom. The summed E-state index contributed by atoms with van der Waals surface area (Å²) in [6, 6.07) is 0. The quantitative estimate of drug-likeness (QED) is 0.438. The molecule has 0 heterocycles. The molecular weight excluding hydrogens is 253 g/mol. The molecule has 0 aromatic carbocycles. The van der Waals surface area contributed by atoms with Crippen molar-refractivity contribution in [3.8, 4) is 0 Å². The van der Waals surface area contributed by atoms with Gasteiger partial charge in [0.05, 0.1) is 0 Å². The minimum absolute atomic E-state index is 0.0752. The average Bonchev–Trinajstić information content (AvgIpc) is 1.62. The summed E-state index contributed by atoms with van der Waals surface area (Å²) >= 11 is 0. The number of hydrogen-bond donors (Lipinski definition) is 0. The topological polar surface area (TPSA) is 0 Å². The van der Waals surface area contributed by atoms with Crippen LogP contribution in [0.15, 0.2) is 0 Å². The second-order valence-electron chi connectivity index (χ2n) is 4.40. The zero-order valence-electron chi connectivity index (χ0n) is 7.65.